The minimum absolute atomic E-state index is 0.124. The summed E-state index contributed by atoms with van der Waals surface area (Å²) in [5.74, 6) is 0.329. The maximum atomic E-state index is 9.54. The highest BCUT2D eigenvalue weighted by atomic mass is 28.2. The van der Waals surface area contributed by atoms with Gasteiger partial charge in [-0.05, 0) is 19.4 Å². The van der Waals surface area contributed by atoms with Gasteiger partial charge < -0.3 is 14.3 Å². The second kappa shape index (κ2) is 6.61. The summed E-state index contributed by atoms with van der Waals surface area (Å²) < 4.78 is 11.0. The highest BCUT2D eigenvalue weighted by Gasteiger charge is 2.07. The molecule has 0 heterocycles. The Kier molecular flexibility index (Phi) is 5.38. The van der Waals surface area contributed by atoms with Crippen molar-refractivity contribution in [3.8, 4) is 5.75 Å². The molecule has 0 radical (unpaired) electrons. The van der Waals surface area contributed by atoms with Crippen LogP contribution in [-0.2, 0) is 9.16 Å². The van der Waals surface area contributed by atoms with E-state index < -0.39 is 9.76 Å². The van der Waals surface area contributed by atoms with Crippen LogP contribution in [0.25, 0.3) is 0 Å². The quantitative estimate of drug-likeness (QED) is 0.578. The fraction of sp³-hybridized carbons (Fsp3) is 0.455. The Labute approximate surface area is 93.0 Å². The van der Waals surface area contributed by atoms with Crippen molar-refractivity contribution in [1.29, 1.82) is 0 Å². The molecular formula is C11H18O3Si. The van der Waals surface area contributed by atoms with Gasteiger partial charge in [0, 0.05) is 11.8 Å². The van der Waals surface area contributed by atoms with E-state index in [9.17, 15) is 5.11 Å². The zero-order valence-electron chi connectivity index (χ0n) is 9.27. The van der Waals surface area contributed by atoms with Crippen LogP contribution in [0.3, 0.4) is 0 Å². The third kappa shape index (κ3) is 4.03. The molecule has 1 aromatic rings. The Bertz CT molecular complexity index is 291. The highest BCUT2D eigenvalue weighted by Crippen LogP contribution is 2.04. The van der Waals surface area contributed by atoms with Crippen LogP contribution in [0.4, 0.5) is 0 Å². The second-order valence-corrected chi connectivity index (χ2v) is 4.62. The average molecular weight is 226 g/mol. The van der Waals surface area contributed by atoms with Gasteiger partial charge in [0.25, 0.3) is 0 Å². The van der Waals surface area contributed by atoms with Crippen LogP contribution in [0.2, 0.25) is 0 Å². The largest absolute Gasteiger partial charge is 0.508 e. The normalized spacial score (nSPS) is 13.5. The second-order valence-electron chi connectivity index (χ2n) is 3.23. The summed E-state index contributed by atoms with van der Waals surface area (Å²) in [6.45, 7) is 4.64. The molecule has 1 rings (SSSR count). The standard InChI is InChI=1S/C11H18O3Si/c1-3-11(13-4-2)14-15-10-8-6-5-7-9(10)12/h5-8,11-12H,3-4,15H2,1-2H3. The van der Waals surface area contributed by atoms with Gasteiger partial charge in [0.2, 0.25) is 0 Å². The van der Waals surface area contributed by atoms with Crippen LogP contribution in [-0.4, -0.2) is 27.8 Å². The lowest BCUT2D eigenvalue weighted by Gasteiger charge is -2.16. The number of benzene rings is 1. The first kappa shape index (κ1) is 12.2. The fourth-order valence-electron chi connectivity index (χ4n) is 1.29. The SMILES string of the molecule is CCOC(CC)O[SiH2]c1ccccc1O. The van der Waals surface area contributed by atoms with Crippen molar-refractivity contribution in [2.24, 2.45) is 0 Å². The van der Waals surface area contributed by atoms with Crippen molar-refractivity contribution in [2.45, 2.75) is 26.6 Å². The molecule has 0 saturated carbocycles. The van der Waals surface area contributed by atoms with Crippen LogP contribution < -0.4 is 5.19 Å². The zero-order valence-corrected chi connectivity index (χ0v) is 10.7. The van der Waals surface area contributed by atoms with Gasteiger partial charge in [-0.2, -0.15) is 0 Å². The Hall–Kier alpha value is -0.843. The van der Waals surface area contributed by atoms with Gasteiger partial charge in [-0.1, -0.05) is 25.1 Å². The molecule has 15 heavy (non-hydrogen) atoms. The summed E-state index contributed by atoms with van der Waals surface area (Å²) in [4.78, 5) is 0. The molecule has 0 aliphatic heterocycles. The van der Waals surface area contributed by atoms with Crippen molar-refractivity contribution in [1.82, 2.24) is 0 Å². The summed E-state index contributed by atoms with van der Waals surface area (Å²) in [6.07, 6.45) is 0.718. The first-order valence-electron chi connectivity index (χ1n) is 5.28. The molecule has 1 N–H and O–H groups in total. The molecule has 0 spiro atoms. The van der Waals surface area contributed by atoms with Gasteiger partial charge in [0.1, 0.15) is 12.0 Å². The molecule has 3 nitrogen and oxygen atoms in total. The fourth-order valence-corrected chi connectivity index (χ4v) is 2.48. The summed E-state index contributed by atoms with van der Waals surface area (Å²) in [5.41, 5.74) is 0. The Morgan fingerprint density at radius 2 is 2.07 bits per heavy atom. The van der Waals surface area contributed by atoms with E-state index in [1.165, 1.54) is 0 Å². The molecule has 4 heteroatoms. The number of rotatable bonds is 6. The van der Waals surface area contributed by atoms with E-state index in [4.69, 9.17) is 9.16 Å². The van der Waals surface area contributed by atoms with Crippen LogP contribution in [0, 0.1) is 0 Å². The minimum Gasteiger partial charge on any atom is -0.508 e. The van der Waals surface area contributed by atoms with E-state index in [1.807, 2.05) is 32.0 Å². The molecule has 0 aliphatic rings. The Morgan fingerprint density at radius 3 is 2.67 bits per heavy atom. The minimum atomic E-state index is -0.894. The lowest BCUT2D eigenvalue weighted by Crippen LogP contribution is -2.25. The van der Waals surface area contributed by atoms with E-state index in [1.54, 1.807) is 6.07 Å². The molecule has 84 valence electrons. The summed E-state index contributed by atoms with van der Waals surface area (Å²) in [5, 5.41) is 10.5. The van der Waals surface area contributed by atoms with E-state index in [2.05, 4.69) is 0 Å². The monoisotopic (exact) mass is 226 g/mol. The molecule has 0 aromatic heterocycles. The summed E-state index contributed by atoms with van der Waals surface area (Å²) in [7, 11) is -0.894. The van der Waals surface area contributed by atoms with Gasteiger partial charge in [0.15, 0.2) is 9.76 Å². The molecular weight excluding hydrogens is 208 g/mol. The lowest BCUT2D eigenvalue weighted by molar-refractivity contribution is -0.0748. The van der Waals surface area contributed by atoms with E-state index in [-0.39, 0.29) is 6.29 Å². The number of aromatic hydroxyl groups is 1. The van der Waals surface area contributed by atoms with E-state index >= 15 is 0 Å². The molecule has 0 saturated heterocycles. The van der Waals surface area contributed by atoms with Gasteiger partial charge in [-0.3, -0.25) is 0 Å². The number of hydrogen-bond donors (Lipinski definition) is 1. The molecule has 1 unspecified atom stereocenters. The number of para-hydroxylation sites is 1. The van der Waals surface area contributed by atoms with Gasteiger partial charge in [0.05, 0.1) is 0 Å². The molecule has 1 aromatic carbocycles. The van der Waals surface area contributed by atoms with Gasteiger partial charge in [-0.25, -0.2) is 0 Å². The van der Waals surface area contributed by atoms with E-state index in [0.717, 1.165) is 11.6 Å². The topological polar surface area (TPSA) is 38.7 Å². The van der Waals surface area contributed by atoms with Crippen molar-refractivity contribution in [3.63, 3.8) is 0 Å². The van der Waals surface area contributed by atoms with Crippen molar-refractivity contribution < 1.29 is 14.3 Å². The van der Waals surface area contributed by atoms with Crippen molar-refractivity contribution in [3.05, 3.63) is 24.3 Å². The third-order valence-electron chi connectivity index (χ3n) is 2.10. The first-order chi connectivity index (χ1) is 7.27. The summed E-state index contributed by atoms with van der Waals surface area (Å²) >= 11 is 0. The number of phenolic OH excluding ortho intramolecular Hbond substituents is 1. The number of phenols is 1. The molecule has 0 aliphatic carbocycles. The van der Waals surface area contributed by atoms with Gasteiger partial charge in [-0.15, -0.1) is 0 Å². The van der Waals surface area contributed by atoms with Crippen LogP contribution in [0.5, 0.6) is 5.75 Å². The summed E-state index contributed by atoms with van der Waals surface area (Å²) in [6, 6.07) is 7.31. The zero-order chi connectivity index (χ0) is 11.1. The maximum Gasteiger partial charge on any atom is 0.199 e. The number of ether oxygens (including phenoxy) is 1. The Morgan fingerprint density at radius 1 is 1.33 bits per heavy atom. The van der Waals surface area contributed by atoms with Crippen LogP contribution >= 0.6 is 0 Å². The maximum absolute atomic E-state index is 9.54. The van der Waals surface area contributed by atoms with Crippen molar-refractivity contribution >= 4 is 14.9 Å². The smallest absolute Gasteiger partial charge is 0.199 e. The first-order valence-corrected chi connectivity index (χ1v) is 6.56. The lowest BCUT2D eigenvalue weighted by atomic mass is 10.3. The predicted octanol–water partition coefficient (Wildman–Crippen LogP) is 0.890. The average Bonchev–Trinajstić information content (AvgIpc) is 2.26. The molecule has 0 amide bonds. The molecule has 0 fully saturated rings. The van der Waals surface area contributed by atoms with Crippen LogP contribution in [0.15, 0.2) is 24.3 Å². The predicted molar refractivity (Wildman–Crippen MR) is 63.1 cm³/mol. The van der Waals surface area contributed by atoms with E-state index in [0.29, 0.717) is 12.4 Å². The van der Waals surface area contributed by atoms with Crippen LogP contribution in [0.1, 0.15) is 20.3 Å². The molecule has 1 atom stereocenters. The Balaban J connectivity index is 2.45. The number of hydrogen-bond acceptors (Lipinski definition) is 3. The highest BCUT2D eigenvalue weighted by molar-refractivity contribution is 6.48. The van der Waals surface area contributed by atoms with Crippen molar-refractivity contribution in [2.75, 3.05) is 6.61 Å². The third-order valence-corrected chi connectivity index (χ3v) is 3.55. The van der Waals surface area contributed by atoms with Gasteiger partial charge >= 0.3 is 0 Å². The molecule has 0 bridgehead atoms.